The van der Waals surface area contributed by atoms with Gasteiger partial charge in [0.15, 0.2) is 5.69 Å². The van der Waals surface area contributed by atoms with Crippen molar-refractivity contribution in [3.8, 4) is 11.6 Å². The minimum absolute atomic E-state index is 0.0323. The molecule has 0 aliphatic carbocycles. The number of amides is 1. The Morgan fingerprint density at radius 1 is 1.45 bits per heavy atom. The van der Waals surface area contributed by atoms with Gasteiger partial charge in [0.2, 0.25) is 11.6 Å². The summed E-state index contributed by atoms with van der Waals surface area (Å²) in [7, 11) is 1.56. The van der Waals surface area contributed by atoms with Gasteiger partial charge in [-0.15, -0.1) is 5.10 Å². The molecule has 1 aliphatic rings. The van der Waals surface area contributed by atoms with Gasteiger partial charge in [0, 0.05) is 17.1 Å². The minimum Gasteiger partial charge on any atom is -0.496 e. The van der Waals surface area contributed by atoms with Crippen molar-refractivity contribution in [1.82, 2.24) is 30.7 Å². The number of aromatic nitrogens is 5. The van der Waals surface area contributed by atoms with E-state index in [1.165, 1.54) is 22.7 Å². The lowest BCUT2D eigenvalue weighted by atomic mass is 10.2. The quantitative estimate of drug-likeness (QED) is 0.390. The molecule has 12 nitrogen and oxygen atoms in total. The van der Waals surface area contributed by atoms with Gasteiger partial charge in [0.05, 0.1) is 25.6 Å². The number of nitrogens with one attached hydrogen (secondary N) is 1. The number of hydrogen-bond acceptors (Lipinski definition) is 12. The van der Waals surface area contributed by atoms with Crippen molar-refractivity contribution in [2.24, 2.45) is 10.1 Å². The maximum absolute atomic E-state index is 12.8. The van der Waals surface area contributed by atoms with Crippen LogP contribution in [-0.2, 0) is 5.75 Å². The second kappa shape index (κ2) is 9.61. The number of hydrogen-bond donors (Lipinski definition) is 2. The molecule has 0 atom stereocenters. The molecule has 0 unspecified atom stereocenters. The Hall–Kier alpha value is -3.39. The van der Waals surface area contributed by atoms with E-state index in [0.29, 0.717) is 22.8 Å². The summed E-state index contributed by atoms with van der Waals surface area (Å²) < 4.78 is 12.2. The number of methoxy groups -OCH3 is 1. The van der Waals surface area contributed by atoms with Crippen LogP contribution in [0.4, 0.5) is 5.82 Å². The summed E-state index contributed by atoms with van der Waals surface area (Å²) in [4.78, 5) is 17.2. The molecule has 0 saturated heterocycles. The number of ether oxygens (including phenoxy) is 1. The van der Waals surface area contributed by atoms with Crippen LogP contribution in [0.2, 0.25) is 0 Å². The van der Waals surface area contributed by atoms with Crippen molar-refractivity contribution in [3.05, 3.63) is 41.2 Å². The van der Waals surface area contributed by atoms with Crippen LogP contribution in [-0.4, -0.2) is 61.2 Å². The Morgan fingerprint density at radius 2 is 2.32 bits per heavy atom. The molecular weight excluding hydrogens is 442 g/mol. The predicted octanol–water partition coefficient (Wildman–Crippen LogP) is 1.34. The zero-order valence-electron chi connectivity index (χ0n) is 16.3. The number of carbonyl (C=O) groups excluding carboxylic acids is 1. The number of rotatable bonds is 7. The first-order valence-electron chi connectivity index (χ1n) is 8.97. The lowest BCUT2D eigenvalue weighted by Crippen LogP contribution is -2.20. The van der Waals surface area contributed by atoms with Gasteiger partial charge >= 0.3 is 0 Å². The number of nitrogens with zero attached hydrogens (tertiary/aromatic N) is 7. The molecule has 1 aliphatic heterocycles. The maximum Gasteiger partial charge on any atom is 0.293 e. The summed E-state index contributed by atoms with van der Waals surface area (Å²) in [6.45, 7) is 0.773. The Morgan fingerprint density at radius 3 is 3.06 bits per heavy atom. The van der Waals surface area contributed by atoms with E-state index in [9.17, 15) is 4.79 Å². The molecule has 31 heavy (non-hydrogen) atoms. The number of para-hydroxylation sites is 1. The molecule has 2 aromatic heterocycles. The molecule has 0 saturated carbocycles. The van der Waals surface area contributed by atoms with Crippen molar-refractivity contribution < 1.29 is 14.2 Å². The highest BCUT2D eigenvalue weighted by molar-refractivity contribution is 8.38. The summed E-state index contributed by atoms with van der Waals surface area (Å²) in [6, 6.07) is 7.29. The molecule has 0 fully saturated rings. The van der Waals surface area contributed by atoms with Gasteiger partial charge in [-0.3, -0.25) is 9.79 Å². The first-order chi connectivity index (χ1) is 15.2. The summed E-state index contributed by atoms with van der Waals surface area (Å²) in [6.07, 6.45) is 1.49. The first kappa shape index (κ1) is 20.9. The van der Waals surface area contributed by atoms with E-state index < -0.39 is 5.91 Å². The summed E-state index contributed by atoms with van der Waals surface area (Å²) in [5.74, 6) is 1.58. The Balaban J connectivity index is 1.56. The van der Waals surface area contributed by atoms with Crippen LogP contribution < -0.4 is 15.9 Å². The van der Waals surface area contributed by atoms with E-state index in [1.807, 2.05) is 18.2 Å². The highest BCUT2D eigenvalue weighted by Crippen LogP contribution is 2.27. The number of nitrogens with two attached hydrogens (primary N) is 1. The fraction of sp³-hybridized carbons (Fsp3) is 0.235. The van der Waals surface area contributed by atoms with E-state index in [-0.39, 0.29) is 17.3 Å². The third-order valence-electron chi connectivity index (χ3n) is 4.07. The van der Waals surface area contributed by atoms with Gasteiger partial charge in [-0.05, 0) is 22.4 Å². The topological polar surface area (TPSA) is 159 Å². The van der Waals surface area contributed by atoms with Gasteiger partial charge in [0.1, 0.15) is 10.1 Å². The summed E-state index contributed by atoms with van der Waals surface area (Å²) >= 11 is 3.13. The predicted molar refractivity (Wildman–Crippen MR) is 118 cm³/mol. The van der Waals surface area contributed by atoms with Crippen LogP contribution in [0.15, 0.2) is 39.0 Å². The Kier molecular flexibility index (Phi) is 6.47. The third kappa shape index (κ3) is 4.69. The number of aliphatic imine (C=N–C) groups is 1. The van der Waals surface area contributed by atoms with E-state index in [2.05, 4.69) is 40.8 Å². The first-order valence-corrected chi connectivity index (χ1v) is 10.9. The molecule has 0 radical (unpaired) electrons. The van der Waals surface area contributed by atoms with Crippen molar-refractivity contribution in [3.63, 3.8) is 0 Å². The SMILES string of the molecule is COc1ccccc1/C=N\NC(=O)c1nnn(-c2nonc2N)c1CSC1=NCCS1. The fourth-order valence-electron chi connectivity index (χ4n) is 2.63. The lowest BCUT2D eigenvalue weighted by molar-refractivity contribution is 0.0949. The average molecular weight is 460 g/mol. The Bertz CT molecular complexity index is 1140. The van der Waals surface area contributed by atoms with E-state index in [0.717, 1.165) is 16.7 Å². The molecule has 14 heteroatoms. The van der Waals surface area contributed by atoms with Crippen LogP contribution in [0.5, 0.6) is 5.75 Å². The van der Waals surface area contributed by atoms with Crippen molar-refractivity contribution in [2.75, 3.05) is 25.1 Å². The van der Waals surface area contributed by atoms with Gasteiger partial charge in [0.25, 0.3) is 5.91 Å². The van der Waals surface area contributed by atoms with E-state index in [1.54, 1.807) is 24.9 Å². The minimum atomic E-state index is -0.538. The van der Waals surface area contributed by atoms with Crippen LogP contribution >= 0.6 is 23.5 Å². The average Bonchev–Trinajstić information content (AvgIpc) is 3.53. The van der Waals surface area contributed by atoms with E-state index >= 15 is 0 Å². The smallest absolute Gasteiger partial charge is 0.293 e. The highest BCUT2D eigenvalue weighted by atomic mass is 32.2. The second-order valence-electron chi connectivity index (χ2n) is 6.00. The molecule has 1 amide bonds. The molecule has 3 N–H and O–H groups in total. The number of thioether (sulfide) groups is 2. The van der Waals surface area contributed by atoms with Crippen LogP contribution in [0.3, 0.4) is 0 Å². The van der Waals surface area contributed by atoms with Crippen molar-refractivity contribution in [2.45, 2.75) is 5.75 Å². The van der Waals surface area contributed by atoms with E-state index in [4.69, 9.17) is 10.5 Å². The van der Waals surface area contributed by atoms with Gasteiger partial charge < -0.3 is 10.5 Å². The number of benzene rings is 1. The van der Waals surface area contributed by atoms with Crippen molar-refractivity contribution in [1.29, 1.82) is 0 Å². The normalized spacial score (nSPS) is 13.5. The Labute approximate surface area is 184 Å². The highest BCUT2D eigenvalue weighted by Gasteiger charge is 2.24. The summed E-state index contributed by atoms with van der Waals surface area (Å²) in [5.41, 5.74) is 9.51. The van der Waals surface area contributed by atoms with Gasteiger partial charge in [-0.2, -0.15) is 9.78 Å². The number of nitrogen functional groups attached to an aromatic ring is 1. The second-order valence-corrected chi connectivity index (χ2v) is 8.30. The summed E-state index contributed by atoms with van der Waals surface area (Å²) in [5, 5.41) is 19.3. The molecule has 0 spiro atoms. The van der Waals surface area contributed by atoms with Crippen LogP contribution in [0.1, 0.15) is 21.7 Å². The number of hydrazone groups is 1. The monoisotopic (exact) mass is 459 g/mol. The largest absolute Gasteiger partial charge is 0.496 e. The molecule has 0 bridgehead atoms. The zero-order valence-corrected chi connectivity index (χ0v) is 17.9. The van der Waals surface area contributed by atoms with Gasteiger partial charge in [-0.25, -0.2) is 10.1 Å². The zero-order chi connectivity index (χ0) is 21.6. The standard InChI is InChI=1S/C17H17N9O3S2/c1-28-12-5-3-2-4-10(12)8-20-22-16(27)13-11(9-31-17-19-6-7-30-17)26(25-21-13)15-14(18)23-29-24-15/h2-5,8H,6-7,9H2,1H3,(H2,18,23)(H,22,27)/b20-8-. The molecule has 3 aromatic rings. The van der Waals surface area contributed by atoms with Crippen molar-refractivity contribution >= 4 is 45.8 Å². The molecule has 3 heterocycles. The third-order valence-corrected chi connectivity index (χ3v) is 6.34. The number of anilines is 1. The number of carbonyl (C=O) groups is 1. The maximum atomic E-state index is 12.8. The van der Waals surface area contributed by atoms with Crippen LogP contribution in [0.25, 0.3) is 5.82 Å². The molecular formula is C17H17N9O3S2. The fourth-order valence-corrected chi connectivity index (χ4v) is 4.64. The lowest BCUT2D eigenvalue weighted by Gasteiger charge is -2.05. The molecule has 4 rings (SSSR count). The molecule has 1 aromatic carbocycles. The molecule has 160 valence electrons. The van der Waals surface area contributed by atoms with Crippen LogP contribution in [0, 0.1) is 0 Å². The van der Waals surface area contributed by atoms with Gasteiger partial charge in [-0.1, -0.05) is 40.9 Å².